The van der Waals surface area contributed by atoms with Crippen LogP contribution in [0, 0.1) is 12.7 Å². The lowest BCUT2D eigenvalue weighted by Crippen LogP contribution is -2.11. The lowest BCUT2D eigenvalue weighted by molar-refractivity contribution is 0.589. The fraction of sp³-hybridized carbons (Fsp3) is 0.125. The summed E-state index contributed by atoms with van der Waals surface area (Å²) in [5, 5.41) is 0.705. The van der Waals surface area contributed by atoms with Crippen LogP contribution < -0.4 is 0 Å². The Balaban J connectivity index is 2.30. The van der Waals surface area contributed by atoms with Gasteiger partial charge in [0.1, 0.15) is 5.82 Å². The normalized spacial score (nSPS) is 12.0. The first-order valence-electron chi connectivity index (χ1n) is 6.62. The van der Waals surface area contributed by atoms with Crippen LogP contribution in [0.3, 0.4) is 0 Å². The van der Waals surface area contributed by atoms with Crippen molar-refractivity contribution in [3.63, 3.8) is 0 Å². The molecule has 0 aliphatic heterocycles. The summed E-state index contributed by atoms with van der Waals surface area (Å²) in [6, 6.07) is 11.0. The molecule has 0 atom stereocenters. The molecular weight excluding hydrogens is 369 g/mol. The van der Waals surface area contributed by atoms with Gasteiger partial charge in [-0.15, -0.1) is 0 Å². The Bertz CT molecular complexity index is 946. The minimum atomic E-state index is -3.76. The molecule has 0 aliphatic carbocycles. The molecule has 2 aromatic carbocycles. The van der Waals surface area contributed by atoms with Crippen LogP contribution >= 0.6 is 15.9 Å². The predicted molar refractivity (Wildman–Crippen MR) is 88.3 cm³/mol. The van der Waals surface area contributed by atoms with Gasteiger partial charge in [0.05, 0.1) is 10.4 Å². The van der Waals surface area contributed by atoms with Crippen molar-refractivity contribution in [2.45, 2.75) is 17.1 Å². The molecule has 0 fully saturated rings. The zero-order chi connectivity index (χ0) is 15.9. The number of fused-ring (bicyclic) bond motifs is 1. The first-order valence-corrected chi connectivity index (χ1v) is 9.18. The highest BCUT2D eigenvalue weighted by Gasteiger charge is 2.22. The van der Waals surface area contributed by atoms with E-state index in [1.165, 1.54) is 18.3 Å². The van der Waals surface area contributed by atoms with Crippen LogP contribution in [-0.4, -0.2) is 12.4 Å². The van der Waals surface area contributed by atoms with Gasteiger partial charge >= 0.3 is 0 Å². The Labute approximate surface area is 136 Å². The molecule has 0 aliphatic rings. The predicted octanol–water partition coefficient (Wildman–Crippen LogP) is 4.22. The third-order valence-electron chi connectivity index (χ3n) is 3.55. The summed E-state index contributed by atoms with van der Waals surface area (Å²) in [6.45, 7) is 1.89. The van der Waals surface area contributed by atoms with Crippen LogP contribution in [0.15, 0.2) is 53.6 Å². The molecule has 0 saturated carbocycles. The van der Waals surface area contributed by atoms with Gasteiger partial charge in [0, 0.05) is 16.9 Å². The lowest BCUT2D eigenvalue weighted by Gasteiger charge is -2.08. The Kier molecular flexibility index (Phi) is 3.82. The molecular formula is C16H13BrFNO2S. The zero-order valence-corrected chi connectivity index (χ0v) is 14.2. The van der Waals surface area contributed by atoms with Gasteiger partial charge in [-0.25, -0.2) is 16.8 Å². The Morgan fingerprint density at radius 1 is 1.14 bits per heavy atom. The second-order valence-corrected chi connectivity index (χ2v) is 7.41. The summed E-state index contributed by atoms with van der Waals surface area (Å²) in [7, 11) is -3.76. The lowest BCUT2D eigenvalue weighted by atomic mass is 10.2. The fourth-order valence-corrected chi connectivity index (χ4v) is 4.22. The average molecular weight is 382 g/mol. The minimum absolute atomic E-state index is 0.181. The van der Waals surface area contributed by atoms with Gasteiger partial charge in [-0.2, -0.15) is 0 Å². The molecule has 0 unspecified atom stereocenters. The summed E-state index contributed by atoms with van der Waals surface area (Å²) in [5.74, 6) is -0.426. The maximum absolute atomic E-state index is 14.1. The molecule has 0 amide bonds. The molecule has 0 bridgehead atoms. The van der Waals surface area contributed by atoms with Crippen LogP contribution in [-0.2, 0) is 15.4 Å². The number of halogens is 2. The molecule has 3 rings (SSSR count). The van der Waals surface area contributed by atoms with E-state index in [1.807, 2.05) is 6.92 Å². The number of aryl methyl sites for hydroxylation is 1. The maximum atomic E-state index is 14.1. The second kappa shape index (κ2) is 5.52. The summed E-state index contributed by atoms with van der Waals surface area (Å²) < 4.78 is 40.9. The van der Waals surface area contributed by atoms with Crippen molar-refractivity contribution >= 4 is 36.9 Å². The van der Waals surface area contributed by atoms with E-state index in [1.54, 1.807) is 30.3 Å². The summed E-state index contributed by atoms with van der Waals surface area (Å²) in [5.41, 5.74) is 1.92. The van der Waals surface area contributed by atoms with Crippen molar-refractivity contribution in [1.29, 1.82) is 0 Å². The summed E-state index contributed by atoms with van der Waals surface area (Å²) in [4.78, 5) is 0.181. The van der Waals surface area contributed by atoms with Crippen LogP contribution in [0.2, 0.25) is 0 Å². The number of aromatic nitrogens is 1. The largest absolute Gasteiger partial charge is 0.268 e. The summed E-state index contributed by atoms with van der Waals surface area (Å²) in [6.07, 6.45) is 1.47. The van der Waals surface area contributed by atoms with Gasteiger partial charge in [0.2, 0.25) is 0 Å². The van der Waals surface area contributed by atoms with E-state index >= 15 is 0 Å². The van der Waals surface area contributed by atoms with Gasteiger partial charge < -0.3 is 0 Å². The van der Waals surface area contributed by atoms with Crippen molar-refractivity contribution in [1.82, 2.24) is 3.97 Å². The molecule has 22 heavy (non-hydrogen) atoms. The van der Waals surface area contributed by atoms with Crippen molar-refractivity contribution in [2.75, 3.05) is 0 Å². The average Bonchev–Trinajstić information content (AvgIpc) is 2.88. The highest BCUT2D eigenvalue weighted by Crippen LogP contribution is 2.29. The fourth-order valence-electron chi connectivity index (χ4n) is 2.41. The Morgan fingerprint density at radius 3 is 2.45 bits per heavy atom. The van der Waals surface area contributed by atoms with E-state index in [-0.39, 0.29) is 4.90 Å². The third-order valence-corrected chi connectivity index (χ3v) is 5.84. The molecule has 114 valence electrons. The van der Waals surface area contributed by atoms with Crippen molar-refractivity contribution < 1.29 is 12.8 Å². The smallest absolute Gasteiger partial charge is 0.241 e. The summed E-state index contributed by atoms with van der Waals surface area (Å²) >= 11 is 3.28. The van der Waals surface area contributed by atoms with Gasteiger partial charge in [-0.1, -0.05) is 39.7 Å². The maximum Gasteiger partial charge on any atom is 0.268 e. The highest BCUT2D eigenvalue weighted by molar-refractivity contribution is 9.08. The molecule has 6 heteroatoms. The Hall–Kier alpha value is -1.66. The number of alkyl halides is 1. The number of benzene rings is 2. The van der Waals surface area contributed by atoms with E-state index in [9.17, 15) is 12.8 Å². The topological polar surface area (TPSA) is 39.1 Å². The van der Waals surface area contributed by atoms with Crippen LogP contribution in [0.25, 0.3) is 10.9 Å². The van der Waals surface area contributed by atoms with E-state index in [4.69, 9.17) is 0 Å². The first-order chi connectivity index (χ1) is 10.4. The van der Waals surface area contributed by atoms with Gasteiger partial charge in [-0.05, 0) is 36.8 Å². The van der Waals surface area contributed by atoms with Crippen molar-refractivity contribution in [3.8, 4) is 0 Å². The van der Waals surface area contributed by atoms with Gasteiger partial charge in [0.25, 0.3) is 10.0 Å². The SMILES string of the molecule is Cc1ccc(S(=O)(=O)n2cc(CBr)c3c(F)cccc32)cc1. The second-order valence-electron chi connectivity index (χ2n) is 5.04. The van der Waals surface area contributed by atoms with E-state index in [2.05, 4.69) is 15.9 Å². The molecule has 1 aromatic heterocycles. The minimum Gasteiger partial charge on any atom is -0.241 e. The molecule has 3 nitrogen and oxygen atoms in total. The number of hydrogen-bond donors (Lipinski definition) is 0. The van der Waals surface area contributed by atoms with Crippen molar-refractivity contribution in [3.05, 3.63) is 65.6 Å². The number of rotatable bonds is 3. The third kappa shape index (κ3) is 2.36. The molecule has 0 spiro atoms. The molecule has 0 radical (unpaired) electrons. The quantitative estimate of drug-likeness (QED) is 0.637. The highest BCUT2D eigenvalue weighted by atomic mass is 79.9. The van der Waals surface area contributed by atoms with Gasteiger partial charge in [-0.3, -0.25) is 0 Å². The molecule has 3 aromatic rings. The Morgan fingerprint density at radius 2 is 1.82 bits per heavy atom. The van der Waals surface area contributed by atoms with Crippen LogP contribution in [0.4, 0.5) is 4.39 Å². The number of nitrogens with zero attached hydrogens (tertiary/aromatic N) is 1. The zero-order valence-electron chi connectivity index (χ0n) is 11.8. The van der Waals surface area contributed by atoms with E-state index in [0.29, 0.717) is 21.8 Å². The van der Waals surface area contributed by atoms with Crippen LogP contribution in [0.5, 0.6) is 0 Å². The molecule has 1 heterocycles. The van der Waals surface area contributed by atoms with E-state index in [0.717, 1.165) is 9.54 Å². The van der Waals surface area contributed by atoms with Crippen molar-refractivity contribution in [2.24, 2.45) is 0 Å². The first kappa shape index (κ1) is 15.2. The molecule has 0 saturated heterocycles. The number of hydrogen-bond acceptors (Lipinski definition) is 2. The van der Waals surface area contributed by atoms with E-state index < -0.39 is 15.8 Å². The molecule has 0 N–H and O–H groups in total. The van der Waals surface area contributed by atoms with Crippen LogP contribution in [0.1, 0.15) is 11.1 Å². The standard InChI is InChI=1S/C16H13BrFNO2S/c1-11-5-7-13(8-6-11)22(20,21)19-10-12(9-17)16-14(18)3-2-4-15(16)19/h2-8,10H,9H2,1H3. The monoisotopic (exact) mass is 381 g/mol. The van der Waals surface area contributed by atoms with Gasteiger partial charge in [0.15, 0.2) is 0 Å².